The van der Waals surface area contributed by atoms with E-state index >= 15 is 0 Å². The lowest BCUT2D eigenvalue weighted by atomic mass is 10.3. The molecule has 0 aromatic rings. The highest BCUT2D eigenvalue weighted by Gasteiger charge is 2.22. The molecule has 0 heterocycles. The topological polar surface area (TPSA) is 9.23 Å². The lowest BCUT2D eigenvalue weighted by Crippen LogP contribution is -2.25. The van der Waals surface area contributed by atoms with Crippen LogP contribution in [0, 0.1) is 0 Å². The Morgan fingerprint density at radius 3 is 2.10 bits per heavy atom. The average Bonchev–Trinajstić information content (AvgIpc) is 1.80. The average molecular weight is 160 g/mol. The van der Waals surface area contributed by atoms with Gasteiger partial charge >= 0.3 is 0 Å². The Bertz CT molecular complexity index is 85.7. The van der Waals surface area contributed by atoms with E-state index in [0.29, 0.717) is 5.04 Å². The summed E-state index contributed by atoms with van der Waals surface area (Å²) in [6, 6.07) is 0. The Morgan fingerprint density at radius 2 is 1.80 bits per heavy atom. The zero-order valence-corrected chi connectivity index (χ0v) is 9.05. The largest absolute Gasteiger partial charge is 0.420 e. The van der Waals surface area contributed by atoms with Gasteiger partial charge in [-0.3, -0.25) is 0 Å². The van der Waals surface area contributed by atoms with Crippen molar-refractivity contribution in [1.82, 2.24) is 0 Å². The van der Waals surface area contributed by atoms with Crippen LogP contribution in [0.5, 0.6) is 0 Å². The zero-order chi connectivity index (χ0) is 8.20. The van der Waals surface area contributed by atoms with Gasteiger partial charge in [0.25, 0.3) is 0 Å². The molecular weight excluding hydrogens is 140 g/mol. The monoisotopic (exact) mass is 160 g/mol. The first-order valence-corrected chi connectivity index (χ1v) is 6.30. The van der Waals surface area contributed by atoms with Gasteiger partial charge in [-0.25, -0.2) is 0 Å². The molecule has 0 bridgehead atoms. The first-order chi connectivity index (χ1) is 4.48. The molecule has 0 aliphatic carbocycles. The van der Waals surface area contributed by atoms with Crippen molar-refractivity contribution < 1.29 is 4.43 Å². The third kappa shape index (κ3) is 4.07. The molecule has 1 nitrogen and oxygen atoms in total. The molecule has 1 atom stereocenters. The van der Waals surface area contributed by atoms with Crippen LogP contribution in [0.15, 0.2) is 0 Å². The van der Waals surface area contributed by atoms with E-state index in [1.165, 1.54) is 0 Å². The smallest absolute Gasteiger partial charge is 0.179 e. The van der Waals surface area contributed by atoms with Gasteiger partial charge in [0.2, 0.25) is 0 Å². The van der Waals surface area contributed by atoms with Crippen molar-refractivity contribution in [2.45, 2.75) is 45.7 Å². The molecular formula is C8H20OSi. The molecule has 0 radical (unpaired) electrons. The summed E-state index contributed by atoms with van der Waals surface area (Å²) in [7, 11) is -0.908. The predicted octanol–water partition coefficient (Wildman–Crippen LogP) is 2.57. The van der Waals surface area contributed by atoms with Crippen LogP contribution in [0.3, 0.4) is 0 Å². The SMILES string of the molecule is CCCO[SiH](C)C(C)(C)C. The first-order valence-electron chi connectivity index (χ1n) is 4.10. The van der Waals surface area contributed by atoms with Crippen molar-refractivity contribution in [3.8, 4) is 0 Å². The maximum absolute atomic E-state index is 5.69. The standard InChI is InChI=1S/C8H20OSi/c1-6-7-9-10(5)8(2,3)4/h10H,6-7H2,1-5H3. The van der Waals surface area contributed by atoms with Crippen LogP contribution in [0.2, 0.25) is 11.6 Å². The fourth-order valence-electron chi connectivity index (χ4n) is 0.545. The molecule has 0 rings (SSSR count). The van der Waals surface area contributed by atoms with Gasteiger partial charge < -0.3 is 4.43 Å². The summed E-state index contributed by atoms with van der Waals surface area (Å²) in [5.74, 6) is 0. The summed E-state index contributed by atoms with van der Waals surface area (Å²) in [6.07, 6.45) is 1.15. The Labute approximate surface area is 66.5 Å². The Kier molecular flexibility index (Phi) is 4.21. The Balaban J connectivity index is 3.52. The van der Waals surface area contributed by atoms with Crippen molar-refractivity contribution in [3.05, 3.63) is 0 Å². The van der Waals surface area contributed by atoms with Crippen LogP contribution in [0.25, 0.3) is 0 Å². The summed E-state index contributed by atoms with van der Waals surface area (Å²) < 4.78 is 5.69. The normalized spacial score (nSPS) is 15.3. The van der Waals surface area contributed by atoms with Crippen LogP contribution >= 0.6 is 0 Å². The summed E-state index contributed by atoms with van der Waals surface area (Å²) in [4.78, 5) is 0. The van der Waals surface area contributed by atoms with Gasteiger partial charge in [-0.1, -0.05) is 27.7 Å². The van der Waals surface area contributed by atoms with Gasteiger partial charge in [0.05, 0.1) is 0 Å². The minimum Gasteiger partial charge on any atom is -0.420 e. The highest BCUT2D eigenvalue weighted by Crippen LogP contribution is 2.26. The van der Waals surface area contributed by atoms with Crippen LogP contribution in [-0.2, 0) is 4.43 Å². The lowest BCUT2D eigenvalue weighted by Gasteiger charge is -2.25. The lowest BCUT2D eigenvalue weighted by molar-refractivity contribution is 0.305. The number of hydrogen-bond donors (Lipinski definition) is 0. The second kappa shape index (κ2) is 4.14. The van der Waals surface area contributed by atoms with Crippen molar-refractivity contribution in [1.29, 1.82) is 0 Å². The van der Waals surface area contributed by atoms with E-state index in [9.17, 15) is 0 Å². The van der Waals surface area contributed by atoms with Gasteiger partial charge in [-0.2, -0.15) is 0 Å². The summed E-state index contributed by atoms with van der Waals surface area (Å²) >= 11 is 0. The van der Waals surface area contributed by atoms with Gasteiger partial charge in [0, 0.05) is 6.61 Å². The Morgan fingerprint density at radius 1 is 1.30 bits per heavy atom. The molecule has 0 N–H and O–H groups in total. The molecule has 0 aliphatic heterocycles. The molecule has 0 aliphatic rings. The molecule has 10 heavy (non-hydrogen) atoms. The highest BCUT2D eigenvalue weighted by molar-refractivity contribution is 6.53. The van der Waals surface area contributed by atoms with Gasteiger partial charge in [-0.05, 0) is 18.0 Å². The van der Waals surface area contributed by atoms with Crippen molar-refractivity contribution >= 4 is 9.04 Å². The van der Waals surface area contributed by atoms with Crippen LogP contribution in [-0.4, -0.2) is 15.6 Å². The van der Waals surface area contributed by atoms with E-state index in [-0.39, 0.29) is 0 Å². The zero-order valence-electron chi connectivity index (χ0n) is 7.90. The third-order valence-electron chi connectivity index (χ3n) is 1.79. The molecule has 1 unspecified atom stereocenters. The summed E-state index contributed by atoms with van der Waals surface area (Å²) in [5, 5.41) is 0.426. The van der Waals surface area contributed by atoms with Gasteiger partial charge in [0.15, 0.2) is 9.04 Å². The maximum Gasteiger partial charge on any atom is 0.179 e. The fourth-order valence-corrected chi connectivity index (χ4v) is 1.63. The van der Waals surface area contributed by atoms with E-state index in [2.05, 4.69) is 34.2 Å². The second-order valence-electron chi connectivity index (χ2n) is 3.88. The molecule has 0 aromatic carbocycles. The van der Waals surface area contributed by atoms with Crippen molar-refractivity contribution in [3.63, 3.8) is 0 Å². The second-order valence-corrected chi connectivity index (χ2v) is 7.23. The molecule has 0 amide bonds. The minimum atomic E-state index is -0.908. The van der Waals surface area contributed by atoms with E-state index in [0.717, 1.165) is 13.0 Å². The van der Waals surface area contributed by atoms with E-state index < -0.39 is 9.04 Å². The molecule has 0 aromatic heterocycles. The quantitative estimate of drug-likeness (QED) is 0.577. The molecule has 0 saturated carbocycles. The van der Waals surface area contributed by atoms with E-state index in [1.807, 2.05) is 0 Å². The van der Waals surface area contributed by atoms with Crippen LogP contribution < -0.4 is 0 Å². The maximum atomic E-state index is 5.69. The van der Waals surface area contributed by atoms with Gasteiger partial charge in [-0.15, -0.1) is 0 Å². The minimum absolute atomic E-state index is 0.426. The summed E-state index contributed by atoms with van der Waals surface area (Å²) in [5.41, 5.74) is 0. The highest BCUT2D eigenvalue weighted by atomic mass is 28.3. The number of hydrogen-bond acceptors (Lipinski definition) is 1. The van der Waals surface area contributed by atoms with Crippen molar-refractivity contribution in [2.75, 3.05) is 6.61 Å². The van der Waals surface area contributed by atoms with Gasteiger partial charge in [0.1, 0.15) is 0 Å². The van der Waals surface area contributed by atoms with E-state index in [1.54, 1.807) is 0 Å². The van der Waals surface area contributed by atoms with Crippen LogP contribution in [0.4, 0.5) is 0 Å². The molecule has 0 fully saturated rings. The first kappa shape index (κ1) is 10.2. The van der Waals surface area contributed by atoms with Crippen LogP contribution in [0.1, 0.15) is 34.1 Å². The fraction of sp³-hybridized carbons (Fsp3) is 1.00. The molecule has 62 valence electrons. The molecule has 0 saturated heterocycles. The van der Waals surface area contributed by atoms with E-state index in [4.69, 9.17) is 4.43 Å². The van der Waals surface area contributed by atoms with Crippen molar-refractivity contribution in [2.24, 2.45) is 0 Å². The Hall–Kier alpha value is 0.177. The summed E-state index contributed by atoms with van der Waals surface area (Å²) in [6.45, 7) is 12.2. The predicted molar refractivity (Wildman–Crippen MR) is 49.0 cm³/mol. The molecule has 0 spiro atoms. The molecule has 2 heteroatoms. The number of rotatable bonds is 3. The third-order valence-corrected chi connectivity index (χ3v) is 4.97.